The van der Waals surface area contributed by atoms with Crippen LogP contribution >= 0.6 is 0 Å². The van der Waals surface area contributed by atoms with Gasteiger partial charge in [0.25, 0.3) is 0 Å². The van der Waals surface area contributed by atoms with Crippen molar-refractivity contribution in [1.29, 1.82) is 0 Å². The first-order valence-electron chi connectivity index (χ1n) is 4.94. The number of nitro groups is 1. The van der Waals surface area contributed by atoms with Gasteiger partial charge in [-0.15, -0.1) is 0 Å². The Kier molecular flexibility index (Phi) is 3.05. The topological polar surface area (TPSA) is 101 Å². The Bertz CT molecular complexity index is 597. The lowest BCUT2D eigenvalue weighted by Gasteiger charge is -2.34. The molecule has 1 fully saturated rings. The molecule has 0 saturated carbocycles. The van der Waals surface area contributed by atoms with Gasteiger partial charge in [-0.25, -0.2) is 8.42 Å². The molecule has 1 saturated heterocycles. The van der Waals surface area contributed by atoms with E-state index in [4.69, 9.17) is 5.11 Å². The maximum absolute atomic E-state index is 13.3. The summed E-state index contributed by atoms with van der Waals surface area (Å²) in [5.74, 6) is -1.21. The highest BCUT2D eigenvalue weighted by atomic mass is 32.2. The molecule has 1 aromatic carbocycles. The predicted octanol–water partition coefficient (Wildman–Crippen LogP) is 0.0991. The lowest BCUT2D eigenvalue weighted by Crippen LogP contribution is -2.53. The number of aliphatic hydroxyl groups is 1. The van der Waals surface area contributed by atoms with E-state index in [1.807, 2.05) is 0 Å². The number of rotatable bonds is 3. The number of benzene rings is 1. The van der Waals surface area contributed by atoms with Gasteiger partial charge in [-0.3, -0.25) is 10.1 Å². The van der Waals surface area contributed by atoms with Crippen molar-refractivity contribution < 1.29 is 22.8 Å². The monoisotopic (exact) mass is 276 g/mol. The Morgan fingerprint density at radius 2 is 2.06 bits per heavy atom. The van der Waals surface area contributed by atoms with Crippen molar-refractivity contribution in [3.63, 3.8) is 0 Å². The van der Waals surface area contributed by atoms with Crippen molar-refractivity contribution in [3.8, 4) is 0 Å². The molecular formula is C9H9FN2O5S. The minimum atomic E-state index is -3.89. The Morgan fingerprint density at radius 3 is 2.50 bits per heavy atom. The maximum atomic E-state index is 13.3. The van der Waals surface area contributed by atoms with Gasteiger partial charge >= 0.3 is 5.69 Å². The highest BCUT2D eigenvalue weighted by molar-refractivity contribution is 7.89. The van der Waals surface area contributed by atoms with Gasteiger partial charge in [0, 0.05) is 25.2 Å². The molecule has 1 heterocycles. The van der Waals surface area contributed by atoms with Crippen LogP contribution in [0.15, 0.2) is 23.1 Å². The van der Waals surface area contributed by atoms with E-state index in [9.17, 15) is 22.9 Å². The fourth-order valence-electron chi connectivity index (χ4n) is 1.56. The van der Waals surface area contributed by atoms with Crippen LogP contribution in [0.1, 0.15) is 0 Å². The van der Waals surface area contributed by atoms with Gasteiger partial charge in [0.05, 0.1) is 15.9 Å². The van der Waals surface area contributed by atoms with E-state index in [1.54, 1.807) is 0 Å². The number of hydrogen-bond acceptors (Lipinski definition) is 5. The lowest BCUT2D eigenvalue weighted by atomic mass is 10.2. The van der Waals surface area contributed by atoms with Crippen LogP contribution in [0.4, 0.5) is 10.1 Å². The van der Waals surface area contributed by atoms with Crippen molar-refractivity contribution in [2.45, 2.75) is 11.0 Å². The molecule has 0 atom stereocenters. The third-order valence-corrected chi connectivity index (χ3v) is 4.41. The quantitative estimate of drug-likeness (QED) is 0.623. The second-order valence-corrected chi connectivity index (χ2v) is 5.78. The molecule has 1 aliphatic rings. The van der Waals surface area contributed by atoms with Crippen molar-refractivity contribution in [2.24, 2.45) is 0 Å². The van der Waals surface area contributed by atoms with E-state index in [-0.39, 0.29) is 18.0 Å². The second-order valence-electron chi connectivity index (χ2n) is 3.85. The predicted molar refractivity (Wildman–Crippen MR) is 57.8 cm³/mol. The molecule has 0 spiro atoms. The number of aliphatic hydroxyl groups excluding tert-OH is 1. The Hall–Kier alpha value is -1.58. The number of halogens is 1. The summed E-state index contributed by atoms with van der Waals surface area (Å²) in [4.78, 5) is 9.10. The maximum Gasteiger partial charge on any atom is 0.304 e. The number of hydrogen-bond donors (Lipinski definition) is 1. The summed E-state index contributed by atoms with van der Waals surface area (Å²) >= 11 is 0. The molecule has 7 nitrogen and oxygen atoms in total. The molecule has 0 amide bonds. The standard InChI is InChI=1S/C9H9FN2O5S/c10-8-3-7(1-2-9(8)12(14)15)18(16,17)11-4-6(13)5-11/h1-3,6,13H,4-5H2. The van der Waals surface area contributed by atoms with E-state index < -0.39 is 32.6 Å². The first kappa shape index (κ1) is 12.9. The van der Waals surface area contributed by atoms with Crippen LogP contribution in [0.3, 0.4) is 0 Å². The fourth-order valence-corrected chi connectivity index (χ4v) is 3.09. The number of β-amino-alcohol motifs (C(OH)–C–C–N with tert-alkyl or cyclic N) is 1. The van der Waals surface area contributed by atoms with Crippen LogP contribution in [0.2, 0.25) is 0 Å². The number of sulfonamides is 1. The second kappa shape index (κ2) is 4.26. The molecule has 2 rings (SSSR count). The van der Waals surface area contributed by atoms with Gasteiger partial charge in [0.15, 0.2) is 0 Å². The summed E-state index contributed by atoms with van der Waals surface area (Å²) in [6.45, 7) is -0.109. The van der Waals surface area contributed by atoms with Crippen LogP contribution in [-0.4, -0.2) is 41.9 Å². The zero-order valence-electron chi connectivity index (χ0n) is 8.98. The molecule has 18 heavy (non-hydrogen) atoms. The average molecular weight is 276 g/mol. The minimum Gasteiger partial charge on any atom is -0.390 e. The Balaban J connectivity index is 2.35. The Morgan fingerprint density at radius 1 is 1.44 bits per heavy atom. The van der Waals surface area contributed by atoms with Gasteiger partial charge in [-0.05, 0) is 6.07 Å². The van der Waals surface area contributed by atoms with E-state index in [0.717, 1.165) is 16.4 Å². The van der Waals surface area contributed by atoms with Crippen LogP contribution in [-0.2, 0) is 10.0 Å². The van der Waals surface area contributed by atoms with Gasteiger partial charge in [0.1, 0.15) is 0 Å². The third kappa shape index (κ3) is 2.07. The summed E-state index contributed by atoms with van der Waals surface area (Å²) in [5.41, 5.74) is -0.780. The van der Waals surface area contributed by atoms with Crippen LogP contribution in [0, 0.1) is 15.9 Å². The molecule has 0 radical (unpaired) electrons. The van der Waals surface area contributed by atoms with Gasteiger partial charge in [-0.2, -0.15) is 8.70 Å². The molecule has 1 N–H and O–H groups in total. The lowest BCUT2D eigenvalue weighted by molar-refractivity contribution is -0.387. The highest BCUT2D eigenvalue weighted by Crippen LogP contribution is 2.25. The molecule has 0 aliphatic carbocycles. The molecule has 9 heteroatoms. The van der Waals surface area contributed by atoms with E-state index >= 15 is 0 Å². The molecule has 1 aliphatic heterocycles. The van der Waals surface area contributed by atoms with Crippen molar-refractivity contribution in [2.75, 3.05) is 13.1 Å². The summed E-state index contributed by atoms with van der Waals surface area (Å²) in [6.07, 6.45) is -0.720. The number of nitrogens with zero attached hydrogens (tertiary/aromatic N) is 2. The largest absolute Gasteiger partial charge is 0.390 e. The van der Waals surface area contributed by atoms with E-state index in [1.165, 1.54) is 0 Å². The van der Waals surface area contributed by atoms with Crippen molar-refractivity contribution >= 4 is 15.7 Å². The average Bonchev–Trinajstić information content (AvgIpc) is 2.24. The zero-order valence-corrected chi connectivity index (χ0v) is 9.80. The summed E-state index contributed by atoms with van der Waals surface area (Å²) in [7, 11) is -3.89. The molecular weight excluding hydrogens is 267 g/mol. The molecule has 0 aromatic heterocycles. The van der Waals surface area contributed by atoms with Crippen LogP contribution in [0.5, 0.6) is 0 Å². The molecule has 98 valence electrons. The fraction of sp³-hybridized carbons (Fsp3) is 0.333. The summed E-state index contributed by atoms with van der Waals surface area (Å²) in [5, 5.41) is 19.4. The smallest absolute Gasteiger partial charge is 0.304 e. The molecule has 0 bridgehead atoms. The van der Waals surface area contributed by atoms with Gasteiger partial charge < -0.3 is 5.11 Å². The SMILES string of the molecule is O=[N+]([O-])c1ccc(S(=O)(=O)N2CC(O)C2)cc1F. The van der Waals surface area contributed by atoms with Crippen molar-refractivity contribution in [1.82, 2.24) is 4.31 Å². The summed E-state index contributed by atoms with van der Waals surface area (Å²) < 4.78 is 38.0. The van der Waals surface area contributed by atoms with Gasteiger partial charge in [-0.1, -0.05) is 0 Å². The van der Waals surface area contributed by atoms with E-state index in [0.29, 0.717) is 6.07 Å². The number of nitro benzene ring substituents is 1. The first-order chi connectivity index (χ1) is 8.32. The Labute approximate surface area is 102 Å². The van der Waals surface area contributed by atoms with E-state index in [2.05, 4.69) is 0 Å². The summed E-state index contributed by atoms with van der Waals surface area (Å²) in [6, 6.07) is 2.39. The third-order valence-electron chi connectivity index (χ3n) is 2.58. The molecule has 0 unspecified atom stereocenters. The van der Waals surface area contributed by atoms with Crippen LogP contribution in [0.25, 0.3) is 0 Å². The normalized spacial score (nSPS) is 17.4. The minimum absolute atomic E-state index is 0.0546. The van der Waals surface area contributed by atoms with Gasteiger partial charge in [0.2, 0.25) is 15.8 Å². The van der Waals surface area contributed by atoms with Crippen molar-refractivity contribution in [3.05, 3.63) is 34.1 Å². The molecule has 1 aromatic rings. The zero-order chi connectivity index (χ0) is 13.5. The van der Waals surface area contributed by atoms with Crippen LogP contribution < -0.4 is 0 Å². The first-order valence-corrected chi connectivity index (χ1v) is 6.38. The highest BCUT2D eigenvalue weighted by Gasteiger charge is 2.36.